The molecule has 0 saturated carbocycles. The molecule has 66 heavy (non-hydrogen) atoms. The Bertz CT molecular complexity index is 2120. The molecule has 0 saturated heterocycles. The summed E-state index contributed by atoms with van der Waals surface area (Å²) >= 11 is 0. The number of rotatable bonds is 25. The highest BCUT2D eigenvalue weighted by atomic mass is 16.5. The first-order chi connectivity index (χ1) is 31.8. The van der Waals surface area contributed by atoms with Crippen molar-refractivity contribution >= 4 is 35.1 Å². The fourth-order valence-corrected chi connectivity index (χ4v) is 8.62. The van der Waals surface area contributed by atoms with Crippen molar-refractivity contribution in [2.24, 2.45) is 29.0 Å². The van der Waals surface area contributed by atoms with Crippen molar-refractivity contribution in [2.75, 3.05) is 46.4 Å². The van der Waals surface area contributed by atoms with E-state index in [0.29, 0.717) is 45.9 Å². The number of hydrogen-bond donors (Lipinski definition) is 5. The average Bonchev–Trinajstić information content (AvgIpc) is 3.30. The minimum absolute atomic E-state index is 0.0528. The maximum Gasteiger partial charge on any atom is 0.226 e. The summed E-state index contributed by atoms with van der Waals surface area (Å²) in [5.41, 5.74) is 22.6. The molecule has 1 aliphatic heterocycles. The van der Waals surface area contributed by atoms with Crippen molar-refractivity contribution in [1.82, 2.24) is 15.5 Å². The number of ether oxygens (including phenoxy) is 2. The van der Waals surface area contributed by atoms with E-state index in [1.807, 2.05) is 25.1 Å². The van der Waals surface area contributed by atoms with Gasteiger partial charge in [0.2, 0.25) is 17.7 Å². The Morgan fingerprint density at radius 3 is 2.14 bits per heavy atom. The van der Waals surface area contributed by atoms with Gasteiger partial charge >= 0.3 is 0 Å². The number of carbonyl (C=O) groups excluding carboxylic acids is 6. The number of carbonyl (C=O) groups is 6. The van der Waals surface area contributed by atoms with Crippen LogP contribution in [0, 0.1) is 18.8 Å². The predicted octanol–water partition coefficient (Wildman–Crippen LogP) is 6.10. The van der Waals surface area contributed by atoms with E-state index in [4.69, 9.17) is 26.7 Å². The van der Waals surface area contributed by atoms with Crippen LogP contribution in [0.25, 0.3) is 11.1 Å². The summed E-state index contributed by atoms with van der Waals surface area (Å²) in [4.78, 5) is 84.9. The van der Waals surface area contributed by atoms with Gasteiger partial charge in [0, 0.05) is 80.9 Å². The zero-order chi connectivity index (χ0) is 48.2. The first-order valence-corrected chi connectivity index (χ1v) is 23.9. The molecule has 0 spiro atoms. The third-order valence-electron chi connectivity index (χ3n) is 12.2. The van der Waals surface area contributed by atoms with Crippen LogP contribution in [0.15, 0.2) is 54.6 Å². The maximum atomic E-state index is 14.8. The molecule has 0 aliphatic carbocycles. The Labute approximate surface area is 391 Å². The van der Waals surface area contributed by atoms with E-state index in [9.17, 15) is 28.8 Å². The Balaban J connectivity index is 1.76. The van der Waals surface area contributed by atoms with Crippen LogP contribution in [0.4, 0.5) is 0 Å². The number of nitrogens with one attached hydrogen (secondary N) is 2. The van der Waals surface area contributed by atoms with Gasteiger partial charge in [0.1, 0.15) is 30.8 Å². The molecular formula is C52H74N6O8. The highest BCUT2D eigenvalue weighted by Gasteiger charge is 2.36. The number of nitrogens with zero attached hydrogens (tertiary/aromatic N) is 1. The number of amides is 3. The van der Waals surface area contributed by atoms with Gasteiger partial charge in [-0.25, -0.2) is 0 Å². The third-order valence-corrected chi connectivity index (χ3v) is 12.2. The molecule has 0 fully saturated rings. The first kappa shape index (κ1) is 53.2. The van der Waals surface area contributed by atoms with Gasteiger partial charge < -0.3 is 42.2 Å². The largest absolute Gasteiger partial charge is 0.492 e. The van der Waals surface area contributed by atoms with Crippen LogP contribution in [-0.2, 0) is 36.8 Å². The molecule has 360 valence electrons. The zero-order valence-electron chi connectivity index (χ0n) is 39.9. The minimum Gasteiger partial charge on any atom is -0.492 e. The SMILES string of the molecule is CCCCCCCCc1ccc(C(=O)C[C@@H](CCN)C(=O)N(C)[C@@H]2C(=O)C[C@@H](C)C(=O)N[C@H](C(=O)CCC(=O)NCC)Cc3ccc(OCCN)c(c3)-c3cc2ccc3OCCN)c(C)c1. The van der Waals surface area contributed by atoms with Crippen LogP contribution in [0.3, 0.4) is 0 Å². The maximum absolute atomic E-state index is 14.8. The highest BCUT2D eigenvalue weighted by molar-refractivity contribution is 6.01. The van der Waals surface area contributed by atoms with Crippen molar-refractivity contribution in [3.8, 4) is 22.6 Å². The summed E-state index contributed by atoms with van der Waals surface area (Å²) in [6, 6.07) is 14.3. The number of fused-ring (bicyclic) bond motifs is 5. The molecule has 14 heteroatoms. The Morgan fingerprint density at radius 1 is 0.818 bits per heavy atom. The third kappa shape index (κ3) is 15.3. The van der Waals surface area contributed by atoms with Crippen LogP contribution in [-0.4, -0.2) is 92.5 Å². The summed E-state index contributed by atoms with van der Waals surface area (Å²) < 4.78 is 12.3. The van der Waals surface area contributed by atoms with Gasteiger partial charge in [-0.2, -0.15) is 0 Å². The second kappa shape index (κ2) is 27.3. The fourth-order valence-electron chi connectivity index (χ4n) is 8.62. The van der Waals surface area contributed by atoms with Crippen LogP contribution in [0.5, 0.6) is 11.5 Å². The zero-order valence-corrected chi connectivity index (χ0v) is 39.9. The molecule has 3 amide bonds. The van der Waals surface area contributed by atoms with Crippen molar-refractivity contribution in [2.45, 2.75) is 123 Å². The standard InChI is InChI=1S/C52H74N6O8/c1-6-8-9-10-11-12-13-36-14-17-40(34(3)28-36)45(60)33-39(22-23-53)52(64)58(5)50-38-16-20-48(66-27-25-55)42(32-38)41-30-37(15-19-47(41)65-26-24-54)31-43(44(59)18-21-49(62)56-7-2)57-51(63)35(4)29-46(50)61/h14-17,19-20,28,30,32,35,39,43,50H,6-13,18,21-27,29,31,33,53-55H2,1-5H3,(H,56,62)(H,57,63)/t35-,39-,43+,50+/m1/s1. The van der Waals surface area contributed by atoms with Gasteiger partial charge in [-0.3, -0.25) is 28.8 Å². The predicted molar refractivity (Wildman–Crippen MR) is 258 cm³/mol. The summed E-state index contributed by atoms with van der Waals surface area (Å²) in [7, 11) is 1.54. The summed E-state index contributed by atoms with van der Waals surface area (Å²) in [6.45, 7) is 8.86. The van der Waals surface area contributed by atoms with E-state index in [1.54, 1.807) is 44.2 Å². The first-order valence-electron chi connectivity index (χ1n) is 23.9. The molecule has 8 N–H and O–H groups in total. The number of hydrogen-bond acceptors (Lipinski definition) is 11. The molecule has 0 radical (unpaired) electrons. The van der Waals surface area contributed by atoms with Gasteiger partial charge in [0.25, 0.3) is 0 Å². The number of Topliss-reactive ketones (excluding diaryl/α,β-unsaturated/α-hetero) is 3. The lowest BCUT2D eigenvalue weighted by Gasteiger charge is -2.32. The lowest BCUT2D eigenvalue weighted by atomic mass is 9.87. The molecule has 0 unspecified atom stereocenters. The van der Waals surface area contributed by atoms with E-state index in [-0.39, 0.29) is 88.8 Å². The number of unbranched alkanes of at least 4 members (excludes halogenated alkanes) is 5. The fraction of sp³-hybridized carbons (Fsp3) is 0.538. The second-order valence-electron chi connectivity index (χ2n) is 17.5. The van der Waals surface area contributed by atoms with E-state index >= 15 is 0 Å². The number of aryl methyl sites for hydroxylation is 2. The van der Waals surface area contributed by atoms with Crippen molar-refractivity contribution in [3.63, 3.8) is 0 Å². The molecule has 4 bridgehead atoms. The van der Waals surface area contributed by atoms with Gasteiger partial charge in [0.05, 0.1) is 6.04 Å². The normalized spacial score (nSPS) is 16.7. The molecule has 4 atom stereocenters. The van der Waals surface area contributed by atoms with Crippen LogP contribution in [0.1, 0.15) is 130 Å². The van der Waals surface area contributed by atoms with Gasteiger partial charge in [-0.05, 0) is 92.6 Å². The molecular weight excluding hydrogens is 837 g/mol. The van der Waals surface area contributed by atoms with Crippen molar-refractivity contribution < 1.29 is 38.2 Å². The monoisotopic (exact) mass is 911 g/mol. The average molecular weight is 911 g/mol. The van der Waals surface area contributed by atoms with Gasteiger partial charge in [-0.1, -0.05) is 76.3 Å². The molecule has 1 aliphatic rings. The quantitative estimate of drug-likeness (QED) is 0.0482. The van der Waals surface area contributed by atoms with E-state index < -0.39 is 41.5 Å². The van der Waals surface area contributed by atoms with E-state index in [0.717, 1.165) is 18.4 Å². The van der Waals surface area contributed by atoms with E-state index in [1.165, 1.54) is 49.6 Å². The Morgan fingerprint density at radius 2 is 1.48 bits per heavy atom. The number of likely N-dealkylation sites (N-methyl/N-ethyl adjacent to an activating group) is 1. The smallest absolute Gasteiger partial charge is 0.226 e. The molecule has 3 aromatic carbocycles. The second-order valence-corrected chi connectivity index (χ2v) is 17.5. The number of nitrogens with two attached hydrogens (primary N) is 3. The summed E-state index contributed by atoms with van der Waals surface area (Å²) in [6.07, 6.45) is 7.84. The molecule has 0 aromatic heterocycles. The number of ketones is 3. The Hall–Kier alpha value is -5.44. The molecule has 14 nitrogen and oxygen atoms in total. The highest BCUT2D eigenvalue weighted by Crippen LogP contribution is 2.41. The van der Waals surface area contributed by atoms with Crippen LogP contribution >= 0.6 is 0 Å². The lowest BCUT2D eigenvalue weighted by Crippen LogP contribution is -2.46. The Kier molecular flexibility index (Phi) is 22.0. The minimum atomic E-state index is -1.21. The van der Waals surface area contributed by atoms with Gasteiger partial charge in [-0.15, -0.1) is 0 Å². The summed E-state index contributed by atoms with van der Waals surface area (Å²) in [5.74, 6) is -3.10. The summed E-state index contributed by atoms with van der Waals surface area (Å²) in [5, 5.41) is 5.58. The molecule has 1 heterocycles. The number of benzene rings is 3. The van der Waals surface area contributed by atoms with Crippen molar-refractivity contribution in [3.05, 3.63) is 82.4 Å². The van der Waals surface area contributed by atoms with Gasteiger partial charge in [0.15, 0.2) is 17.3 Å². The van der Waals surface area contributed by atoms with E-state index in [2.05, 4.69) is 23.6 Å². The molecule has 4 rings (SSSR count). The van der Waals surface area contributed by atoms with Crippen LogP contribution in [0.2, 0.25) is 0 Å². The van der Waals surface area contributed by atoms with Crippen LogP contribution < -0.4 is 37.3 Å². The topological polar surface area (TPSA) is 226 Å². The molecule has 3 aromatic rings. The lowest BCUT2D eigenvalue weighted by molar-refractivity contribution is -0.142. The van der Waals surface area contributed by atoms with Crippen molar-refractivity contribution in [1.29, 1.82) is 0 Å².